The lowest BCUT2D eigenvalue weighted by atomic mass is 9.90. The first-order chi connectivity index (χ1) is 10.1. The highest BCUT2D eigenvalue weighted by Gasteiger charge is 2.36. The average Bonchev–Trinajstić information content (AvgIpc) is 2.46. The summed E-state index contributed by atoms with van der Waals surface area (Å²) in [5.74, 6) is -0.785. The van der Waals surface area contributed by atoms with Gasteiger partial charge in [0.2, 0.25) is 0 Å². The van der Waals surface area contributed by atoms with Gasteiger partial charge in [-0.05, 0) is 32.6 Å². The maximum atomic E-state index is 12.4. The number of hydrogen-bond acceptors (Lipinski definition) is 3. The van der Waals surface area contributed by atoms with Crippen LogP contribution < -0.4 is 5.32 Å². The maximum absolute atomic E-state index is 12.4. The topological polar surface area (TPSA) is 78.9 Å². The monoisotopic (exact) mass is 298 g/mol. The zero-order valence-corrected chi connectivity index (χ0v) is 12.7. The molecule has 21 heavy (non-hydrogen) atoms. The lowest BCUT2D eigenvalue weighted by Gasteiger charge is -2.44. The summed E-state index contributed by atoms with van der Waals surface area (Å²) in [6.45, 7) is 3.19. The molecule has 2 fully saturated rings. The first kappa shape index (κ1) is 16.1. The summed E-state index contributed by atoms with van der Waals surface area (Å²) >= 11 is 0. The van der Waals surface area contributed by atoms with Crippen molar-refractivity contribution >= 4 is 12.0 Å². The third kappa shape index (κ3) is 4.59. The number of urea groups is 1. The number of morpholine rings is 1. The first-order valence-electron chi connectivity index (χ1n) is 7.98. The molecule has 1 aliphatic heterocycles. The van der Waals surface area contributed by atoms with Crippen molar-refractivity contribution < 1.29 is 19.4 Å². The van der Waals surface area contributed by atoms with Gasteiger partial charge in [0.15, 0.2) is 0 Å². The Hall–Kier alpha value is -1.30. The Kier molecular flexibility index (Phi) is 5.85. The van der Waals surface area contributed by atoms with E-state index in [1.165, 1.54) is 6.42 Å². The van der Waals surface area contributed by atoms with E-state index in [0.717, 1.165) is 19.3 Å². The smallest absolute Gasteiger partial charge is 0.318 e. The molecule has 0 aromatic heterocycles. The predicted octanol–water partition coefficient (Wildman–Crippen LogP) is 1.98. The Morgan fingerprint density at radius 3 is 2.90 bits per heavy atom. The van der Waals surface area contributed by atoms with Crippen molar-refractivity contribution in [3.63, 3.8) is 0 Å². The Bertz CT molecular complexity index is 373. The van der Waals surface area contributed by atoms with E-state index in [4.69, 9.17) is 9.84 Å². The number of carbonyl (C=O) groups is 2. The Labute approximate surface area is 125 Å². The minimum absolute atomic E-state index is 0.00161. The molecule has 0 aromatic carbocycles. The lowest BCUT2D eigenvalue weighted by molar-refractivity contribution is -0.137. The number of carboxylic acids is 1. The van der Waals surface area contributed by atoms with E-state index in [-0.39, 0.29) is 30.6 Å². The van der Waals surface area contributed by atoms with Crippen LogP contribution in [0, 0.1) is 0 Å². The van der Waals surface area contributed by atoms with Crippen LogP contribution in [0.1, 0.15) is 51.9 Å². The van der Waals surface area contributed by atoms with Crippen LogP contribution in [0.5, 0.6) is 0 Å². The standard InChI is InChI=1S/C15H26N2O4/c1-11(5-4-8-14(18)19)16-15(20)17-9-10-21-13-7-3-2-6-12(13)17/h11-13H,2-10H2,1H3,(H,16,20)(H,18,19). The molecule has 2 aliphatic rings. The number of aliphatic carboxylic acids is 1. The minimum Gasteiger partial charge on any atom is -0.481 e. The number of carboxylic acid groups (broad SMARTS) is 1. The van der Waals surface area contributed by atoms with E-state index in [9.17, 15) is 9.59 Å². The second kappa shape index (κ2) is 7.64. The highest BCUT2D eigenvalue weighted by atomic mass is 16.5. The van der Waals surface area contributed by atoms with Gasteiger partial charge in [-0.2, -0.15) is 0 Å². The normalized spacial score (nSPS) is 26.8. The molecule has 6 nitrogen and oxygen atoms in total. The largest absolute Gasteiger partial charge is 0.481 e. The number of rotatable bonds is 5. The van der Waals surface area contributed by atoms with Crippen molar-refractivity contribution in [1.29, 1.82) is 0 Å². The molecular weight excluding hydrogens is 272 g/mol. The number of amides is 2. The van der Waals surface area contributed by atoms with E-state index in [2.05, 4.69) is 5.32 Å². The molecule has 1 saturated heterocycles. The first-order valence-corrected chi connectivity index (χ1v) is 7.98. The molecule has 6 heteroatoms. The summed E-state index contributed by atoms with van der Waals surface area (Å²) in [5, 5.41) is 11.6. The predicted molar refractivity (Wildman–Crippen MR) is 78.2 cm³/mol. The molecule has 3 unspecified atom stereocenters. The summed E-state index contributed by atoms with van der Waals surface area (Å²) in [6.07, 6.45) is 6.03. The summed E-state index contributed by atoms with van der Waals surface area (Å²) < 4.78 is 5.77. The Morgan fingerprint density at radius 1 is 1.38 bits per heavy atom. The van der Waals surface area contributed by atoms with E-state index in [1.54, 1.807) is 0 Å². The van der Waals surface area contributed by atoms with Crippen LogP contribution in [0.25, 0.3) is 0 Å². The van der Waals surface area contributed by atoms with Crippen molar-refractivity contribution in [1.82, 2.24) is 10.2 Å². The fourth-order valence-corrected chi connectivity index (χ4v) is 3.27. The highest BCUT2D eigenvalue weighted by Crippen LogP contribution is 2.28. The van der Waals surface area contributed by atoms with Gasteiger partial charge in [0, 0.05) is 19.0 Å². The number of fused-ring (bicyclic) bond motifs is 1. The molecule has 0 aromatic rings. The Morgan fingerprint density at radius 2 is 2.14 bits per heavy atom. The maximum Gasteiger partial charge on any atom is 0.318 e. The number of nitrogens with one attached hydrogen (secondary N) is 1. The van der Waals surface area contributed by atoms with Gasteiger partial charge in [-0.1, -0.05) is 12.8 Å². The summed E-state index contributed by atoms with van der Waals surface area (Å²) in [7, 11) is 0. The van der Waals surface area contributed by atoms with Gasteiger partial charge in [0.1, 0.15) is 0 Å². The molecule has 0 spiro atoms. The fraction of sp³-hybridized carbons (Fsp3) is 0.867. The number of hydrogen-bond donors (Lipinski definition) is 2. The SMILES string of the molecule is CC(CCCC(=O)O)NC(=O)N1CCOC2CCCCC21. The number of carbonyl (C=O) groups excluding carboxylic acids is 1. The molecule has 1 aliphatic carbocycles. The number of nitrogens with zero attached hydrogens (tertiary/aromatic N) is 1. The second-order valence-corrected chi connectivity index (χ2v) is 6.09. The highest BCUT2D eigenvalue weighted by molar-refractivity contribution is 5.75. The van der Waals surface area contributed by atoms with E-state index in [0.29, 0.717) is 26.0 Å². The molecule has 120 valence electrons. The molecule has 0 bridgehead atoms. The van der Waals surface area contributed by atoms with Gasteiger partial charge < -0.3 is 20.1 Å². The van der Waals surface area contributed by atoms with Crippen LogP contribution in [0.4, 0.5) is 4.79 Å². The van der Waals surface area contributed by atoms with Crippen LogP contribution in [0.15, 0.2) is 0 Å². The fourth-order valence-electron chi connectivity index (χ4n) is 3.27. The molecule has 1 heterocycles. The van der Waals surface area contributed by atoms with Gasteiger partial charge in [0.25, 0.3) is 0 Å². The van der Waals surface area contributed by atoms with Gasteiger partial charge in [-0.25, -0.2) is 4.79 Å². The van der Waals surface area contributed by atoms with Crippen molar-refractivity contribution in [3.8, 4) is 0 Å². The average molecular weight is 298 g/mol. The third-order valence-electron chi connectivity index (χ3n) is 4.39. The lowest BCUT2D eigenvalue weighted by Crippen LogP contribution is -2.58. The van der Waals surface area contributed by atoms with Crippen molar-refractivity contribution in [3.05, 3.63) is 0 Å². The minimum atomic E-state index is -0.785. The zero-order chi connectivity index (χ0) is 15.2. The third-order valence-corrected chi connectivity index (χ3v) is 4.39. The quantitative estimate of drug-likeness (QED) is 0.813. The molecule has 2 amide bonds. The van der Waals surface area contributed by atoms with Crippen LogP contribution in [-0.4, -0.2) is 53.3 Å². The van der Waals surface area contributed by atoms with Gasteiger partial charge in [0.05, 0.1) is 18.8 Å². The van der Waals surface area contributed by atoms with E-state index >= 15 is 0 Å². The van der Waals surface area contributed by atoms with E-state index in [1.807, 2.05) is 11.8 Å². The summed E-state index contributed by atoms with van der Waals surface area (Å²) in [4.78, 5) is 24.8. The molecular formula is C15H26N2O4. The molecule has 3 atom stereocenters. The summed E-state index contributed by atoms with van der Waals surface area (Å²) in [6, 6.07) is 0.179. The van der Waals surface area contributed by atoms with Crippen LogP contribution in [-0.2, 0) is 9.53 Å². The van der Waals surface area contributed by atoms with Crippen molar-refractivity contribution in [2.24, 2.45) is 0 Å². The number of ether oxygens (including phenoxy) is 1. The van der Waals surface area contributed by atoms with Gasteiger partial charge in [-0.15, -0.1) is 0 Å². The van der Waals surface area contributed by atoms with Crippen LogP contribution in [0.2, 0.25) is 0 Å². The molecule has 0 radical (unpaired) electrons. The van der Waals surface area contributed by atoms with Crippen molar-refractivity contribution in [2.45, 2.75) is 70.1 Å². The molecule has 2 N–H and O–H groups in total. The van der Waals surface area contributed by atoms with Crippen LogP contribution >= 0.6 is 0 Å². The van der Waals surface area contributed by atoms with Gasteiger partial charge in [-0.3, -0.25) is 4.79 Å². The zero-order valence-electron chi connectivity index (χ0n) is 12.7. The molecule has 1 saturated carbocycles. The second-order valence-electron chi connectivity index (χ2n) is 6.09. The van der Waals surface area contributed by atoms with Crippen molar-refractivity contribution in [2.75, 3.05) is 13.2 Å². The summed E-state index contributed by atoms with van der Waals surface area (Å²) in [5.41, 5.74) is 0. The Balaban J connectivity index is 1.79. The van der Waals surface area contributed by atoms with Gasteiger partial charge >= 0.3 is 12.0 Å². The molecule has 2 rings (SSSR count). The van der Waals surface area contributed by atoms with E-state index < -0.39 is 5.97 Å². The van der Waals surface area contributed by atoms with Crippen LogP contribution in [0.3, 0.4) is 0 Å².